The molecule has 3 aromatic rings. The van der Waals surface area contributed by atoms with Gasteiger partial charge in [-0.3, -0.25) is 9.69 Å². The van der Waals surface area contributed by atoms with E-state index in [0.717, 1.165) is 21.3 Å². The fraction of sp³-hybridized carbons (Fsp3) is 0. The molecule has 0 atom stereocenters. The van der Waals surface area contributed by atoms with Crippen molar-refractivity contribution in [1.29, 1.82) is 0 Å². The van der Waals surface area contributed by atoms with Crippen molar-refractivity contribution in [3.63, 3.8) is 0 Å². The molecule has 1 amide bonds. The van der Waals surface area contributed by atoms with E-state index >= 15 is 0 Å². The Morgan fingerprint density at radius 3 is 2.12 bits per heavy atom. The van der Waals surface area contributed by atoms with Gasteiger partial charge in [0.1, 0.15) is 11.5 Å². The molecule has 1 aliphatic rings. The average molecular weight is 403 g/mol. The van der Waals surface area contributed by atoms with Crippen molar-refractivity contribution in [2.24, 2.45) is 4.99 Å². The highest BCUT2D eigenvalue weighted by Gasteiger charge is 2.33. The van der Waals surface area contributed by atoms with Crippen molar-refractivity contribution < 1.29 is 4.79 Å². The third kappa shape index (κ3) is 3.11. The zero-order valence-corrected chi connectivity index (χ0v) is 15.4. The molecule has 0 aliphatic carbocycles. The topological polar surface area (TPSA) is 32.7 Å². The second kappa shape index (κ2) is 7.10. The summed E-state index contributed by atoms with van der Waals surface area (Å²) in [5, 5.41) is 0. The Balaban J connectivity index is 1.86. The third-order valence-corrected chi connectivity index (χ3v) is 4.78. The van der Waals surface area contributed by atoms with Gasteiger partial charge >= 0.3 is 0 Å². The molecule has 4 rings (SSSR count). The number of benzene rings is 3. The van der Waals surface area contributed by atoms with Crippen LogP contribution < -0.4 is 4.90 Å². The summed E-state index contributed by atoms with van der Waals surface area (Å²) in [4.78, 5) is 19.5. The number of hydrogen-bond donors (Lipinski definition) is 0. The maximum absolute atomic E-state index is 13.1. The summed E-state index contributed by atoms with van der Waals surface area (Å²) >= 11 is 3.57. The first kappa shape index (κ1) is 16.5. The first-order valence-corrected chi connectivity index (χ1v) is 9.03. The molecule has 0 radical (unpaired) electrons. The van der Waals surface area contributed by atoms with Gasteiger partial charge in [0, 0.05) is 10.0 Å². The van der Waals surface area contributed by atoms with Gasteiger partial charge in [-0.25, -0.2) is 4.99 Å². The molecule has 0 saturated carbocycles. The van der Waals surface area contributed by atoms with Crippen molar-refractivity contribution in [2.45, 2.75) is 0 Å². The lowest BCUT2D eigenvalue weighted by Gasteiger charge is -2.19. The van der Waals surface area contributed by atoms with Gasteiger partial charge in [-0.2, -0.15) is 0 Å². The van der Waals surface area contributed by atoms with Crippen molar-refractivity contribution in [3.05, 3.63) is 106 Å². The molecular formula is C22H15BrN2O. The van der Waals surface area contributed by atoms with Crippen LogP contribution in [0.2, 0.25) is 0 Å². The van der Waals surface area contributed by atoms with Crippen LogP contribution in [0.25, 0.3) is 6.08 Å². The summed E-state index contributed by atoms with van der Waals surface area (Å²) in [5.41, 5.74) is 3.04. The number of nitrogens with zero attached hydrogens (tertiary/aromatic N) is 2. The summed E-state index contributed by atoms with van der Waals surface area (Å²) in [6.07, 6.45) is 1.82. The molecule has 0 saturated heterocycles. The van der Waals surface area contributed by atoms with Crippen LogP contribution in [0.3, 0.4) is 0 Å². The Morgan fingerprint density at radius 2 is 1.42 bits per heavy atom. The smallest absolute Gasteiger partial charge is 0.266 e. The Labute approximate surface area is 160 Å². The van der Waals surface area contributed by atoms with Gasteiger partial charge in [0.25, 0.3) is 5.91 Å². The van der Waals surface area contributed by atoms with Gasteiger partial charge in [-0.05, 0) is 29.8 Å². The maximum Gasteiger partial charge on any atom is 0.282 e. The predicted molar refractivity (Wildman–Crippen MR) is 109 cm³/mol. The number of halogens is 1. The van der Waals surface area contributed by atoms with Gasteiger partial charge in [0.2, 0.25) is 0 Å². The maximum atomic E-state index is 13.1. The molecule has 126 valence electrons. The predicted octanol–water partition coefficient (Wildman–Crippen LogP) is 5.28. The number of amides is 1. The van der Waals surface area contributed by atoms with E-state index in [1.807, 2.05) is 91.0 Å². The van der Waals surface area contributed by atoms with Crippen LogP contribution in [0, 0.1) is 0 Å². The summed E-state index contributed by atoms with van der Waals surface area (Å²) < 4.78 is 0.897. The molecule has 3 aromatic carbocycles. The molecule has 1 aliphatic heterocycles. The van der Waals surface area contributed by atoms with E-state index in [1.54, 1.807) is 4.90 Å². The molecular weight excluding hydrogens is 388 g/mol. The standard InChI is InChI=1S/C22H15BrN2O/c23-19-14-8-7-13-18(19)21-24-20(15-16-9-3-1-4-10-16)22(26)25(21)17-11-5-2-6-12-17/h1-15H/b20-15+. The highest BCUT2D eigenvalue weighted by molar-refractivity contribution is 9.10. The Hall–Kier alpha value is -2.98. The number of aliphatic imine (C=N–C) groups is 1. The first-order chi connectivity index (χ1) is 12.7. The number of rotatable bonds is 3. The molecule has 4 heteroatoms. The van der Waals surface area contributed by atoms with Crippen molar-refractivity contribution in [3.8, 4) is 0 Å². The average Bonchev–Trinajstić information content (AvgIpc) is 3.00. The van der Waals surface area contributed by atoms with Crippen LogP contribution in [-0.4, -0.2) is 11.7 Å². The van der Waals surface area contributed by atoms with E-state index < -0.39 is 0 Å². The minimum Gasteiger partial charge on any atom is -0.266 e. The minimum atomic E-state index is -0.134. The van der Waals surface area contributed by atoms with E-state index in [1.165, 1.54) is 0 Å². The van der Waals surface area contributed by atoms with E-state index in [-0.39, 0.29) is 5.91 Å². The number of amidine groups is 1. The lowest BCUT2D eigenvalue weighted by molar-refractivity contribution is -0.113. The van der Waals surface area contributed by atoms with Crippen LogP contribution in [-0.2, 0) is 4.79 Å². The van der Waals surface area contributed by atoms with Gasteiger partial charge in [-0.15, -0.1) is 0 Å². The van der Waals surface area contributed by atoms with Crippen LogP contribution in [0.15, 0.2) is 100 Å². The molecule has 0 bridgehead atoms. The molecule has 0 unspecified atom stereocenters. The normalized spacial score (nSPS) is 15.4. The fourth-order valence-corrected chi connectivity index (χ4v) is 3.33. The van der Waals surface area contributed by atoms with Gasteiger partial charge < -0.3 is 0 Å². The van der Waals surface area contributed by atoms with E-state index in [0.29, 0.717) is 11.5 Å². The Morgan fingerprint density at radius 1 is 0.808 bits per heavy atom. The first-order valence-electron chi connectivity index (χ1n) is 8.24. The second-order valence-corrected chi connectivity index (χ2v) is 6.69. The van der Waals surface area contributed by atoms with Gasteiger partial charge in [0.15, 0.2) is 0 Å². The summed E-state index contributed by atoms with van der Waals surface area (Å²) in [7, 11) is 0. The molecule has 1 heterocycles. The Bertz CT molecular complexity index is 1010. The second-order valence-electron chi connectivity index (χ2n) is 5.83. The monoisotopic (exact) mass is 402 g/mol. The van der Waals surface area contributed by atoms with Crippen LogP contribution >= 0.6 is 15.9 Å². The molecule has 0 fully saturated rings. The van der Waals surface area contributed by atoms with Crippen LogP contribution in [0.4, 0.5) is 5.69 Å². The lowest BCUT2D eigenvalue weighted by Crippen LogP contribution is -2.32. The highest BCUT2D eigenvalue weighted by atomic mass is 79.9. The molecule has 0 spiro atoms. The molecule has 0 N–H and O–H groups in total. The van der Waals surface area contributed by atoms with E-state index in [4.69, 9.17) is 0 Å². The zero-order chi connectivity index (χ0) is 17.9. The minimum absolute atomic E-state index is 0.134. The summed E-state index contributed by atoms with van der Waals surface area (Å²) in [5.74, 6) is 0.488. The quantitative estimate of drug-likeness (QED) is 0.548. The fourth-order valence-electron chi connectivity index (χ4n) is 2.86. The van der Waals surface area contributed by atoms with Crippen LogP contribution in [0.1, 0.15) is 11.1 Å². The number of hydrogen-bond acceptors (Lipinski definition) is 2. The number of carbonyl (C=O) groups is 1. The van der Waals surface area contributed by atoms with Gasteiger partial charge in [-0.1, -0.05) is 82.7 Å². The largest absolute Gasteiger partial charge is 0.282 e. The number of carbonyl (C=O) groups excluding carboxylic acids is 1. The summed E-state index contributed by atoms with van der Waals surface area (Å²) in [6, 6.07) is 27.1. The zero-order valence-electron chi connectivity index (χ0n) is 13.8. The Kier molecular flexibility index (Phi) is 4.50. The summed E-state index contributed by atoms with van der Waals surface area (Å²) in [6.45, 7) is 0. The molecule has 26 heavy (non-hydrogen) atoms. The number of para-hydroxylation sites is 1. The number of anilines is 1. The van der Waals surface area contributed by atoms with E-state index in [9.17, 15) is 4.79 Å². The van der Waals surface area contributed by atoms with Gasteiger partial charge in [0.05, 0.1) is 5.69 Å². The third-order valence-electron chi connectivity index (χ3n) is 4.09. The SMILES string of the molecule is O=C1/C(=C\c2ccccc2)N=C(c2ccccc2Br)N1c1ccccc1. The molecule has 0 aromatic heterocycles. The lowest BCUT2D eigenvalue weighted by atomic mass is 10.1. The van der Waals surface area contributed by atoms with Crippen molar-refractivity contribution in [2.75, 3.05) is 4.90 Å². The van der Waals surface area contributed by atoms with Crippen molar-refractivity contribution >= 4 is 39.4 Å². The van der Waals surface area contributed by atoms with Crippen LogP contribution in [0.5, 0.6) is 0 Å². The van der Waals surface area contributed by atoms with E-state index in [2.05, 4.69) is 20.9 Å². The highest BCUT2D eigenvalue weighted by Crippen LogP contribution is 2.30. The molecule has 3 nitrogen and oxygen atoms in total. The van der Waals surface area contributed by atoms with Crippen molar-refractivity contribution in [1.82, 2.24) is 0 Å².